The fourth-order valence-corrected chi connectivity index (χ4v) is 1.76. The third-order valence-electron chi connectivity index (χ3n) is 2.59. The first-order chi connectivity index (χ1) is 7.61. The van der Waals surface area contributed by atoms with Crippen LogP contribution in [0.4, 0.5) is 5.69 Å². The summed E-state index contributed by atoms with van der Waals surface area (Å²) in [6.45, 7) is 2.03. The smallest absolute Gasteiger partial charge is 0.142 e. The minimum atomic E-state index is 0.660. The number of rotatable bonds is 2. The summed E-state index contributed by atoms with van der Waals surface area (Å²) >= 11 is 0. The van der Waals surface area contributed by atoms with Gasteiger partial charge in [-0.2, -0.15) is 5.10 Å². The first-order valence-corrected chi connectivity index (χ1v) is 5.05. The Labute approximate surface area is 94.6 Å². The molecular weight excluding hydrogens is 202 g/mol. The van der Waals surface area contributed by atoms with Gasteiger partial charge in [0.1, 0.15) is 5.75 Å². The standard InChI is InChI=1S/C12H15N3O/c1-8-4-11(13)12(16-3)5-10(8)9-6-14-15(2)7-9/h4-7H,13H2,1-3H3. The van der Waals surface area contributed by atoms with Gasteiger partial charge in [-0.1, -0.05) is 0 Å². The van der Waals surface area contributed by atoms with Crippen molar-refractivity contribution in [1.29, 1.82) is 0 Å². The molecule has 4 heteroatoms. The SMILES string of the molecule is COc1cc(-c2cnn(C)c2)c(C)cc1N. The molecule has 4 nitrogen and oxygen atoms in total. The molecule has 0 amide bonds. The van der Waals surface area contributed by atoms with Crippen LogP contribution >= 0.6 is 0 Å². The minimum absolute atomic E-state index is 0.660. The molecule has 0 spiro atoms. The van der Waals surface area contributed by atoms with Gasteiger partial charge in [-0.25, -0.2) is 0 Å². The fourth-order valence-electron chi connectivity index (χ4n) is 1.76. The van der Waals surface area contributed by atoms with Crippen molar-refractivity contribution in [3.8, 4) is 16.9 Å². The maximum Gasteiger partial charge on any atom is 0.142 e. The van der Waals surface area contributed by atoms with Crippen LogP contribution in [0.2, 0.25) is 0 Å². The van der Waals surface area contributed by atoms with E-state index in [-0.39, 0.29) is 0 Å². The molecule has 2 rings (SSSR count). The van der Waals surface area contributed by atoms with E-state index in [1.807, 2.05) is 38.5 Å². The van der Waals surface area contributed by atoms with Crippen LogP contribution in [0, 0.1) is 6.92 Å². The number of methoxy groups -OCH3 is 1. The highest BCUT2D eigenvalue weighted by atomic mass is 16.5. The Morgan fingerprint density at radius 2 is 2.12 bits per heavy atom. The third kappa shape index (κ3) is 1.74. The zero-order chi connectivity index (χ0) is 11.7. The number of nitrogens with zero attached hydrogens (tertiary/aromatic N) is 2. The summed E-state index contributed by atoms with van der Waals surface area (Å²) in [4.78, 5) is 0. The van der Waals surface area contributed by atoms with Crippen LogP contribution in [0.3, 0.4) is 0 Å². The van der Waals surface area contributed by atoms with Crippen LogP contribution in [0.1, 0.15) is 5.56 Å². The summed E-state index contributed by atoms with van der Waals surface area (Å²) in [5.74, 6) is 0.699. The van der Waals surface area contributed by atoms with Gasteiger partial charge in [-0.3, -0.25) is 4.68 Å². The Bertz CT molecular complexity index is 517. The predicted molar refractivity (Wildman–Crippen MR) is 64.3 cm³/mol. The third-order valence-corrected chi connectivity index (χ3v) is 2.59. The summed E-state index contributed by atoms with van der Waals surface area (Å²) < 4.78 is 6.99. The first kappa shape index (κ1) is 10.5. The highest BCUT2D eigenvalue weighted by Crippen LogP contribution is 2.31. The topological polar surface area (TPSA) is 53.1 Å². The molecule has 0 bridgehead atoms. The second-order valence-electron chi connectivity index (χ2n) is 3.81. The quantitative estimate of drug-likeness (QED) is 0.783. The molecule has 84 valence electrons. The Hall–Kier alpha value is -1.97. The Balaban J connectivity index is 2.56. The number of benzene rings is 1. The average Bonchev–Trinajstić information content (AvgIpc) is 2.65. The molecule has 1 aromatic carbocycles. The van der Waals surface area contributed by atoms with Gasteiger partial charge >= 0.3 is 0 Å². The van der Waals surface area contributed by atoms with Crippen LogP contribution in [-0.2, 0) is 7.05 Å². The van der Waals surface area contributed by atoms with E-state index in [0.29, 0.717) is 11.4 Å². The number of aryl methyl sites for hydroxylation is 2. The number of ether oxygens (including phenoxy) is 1. The lowest BCUT2D eigenvalue weighted by Crippen LogP contribution is -1.94. The minimum Gasteiger partial charge on any atom is -0.495 e. The summed E-state index contributed by atoms with van der Waals surface area (Å²) in [6, 6.07) is 3.86. The number of aromatic nitrogens is 2. The molecule has 0 aliphatic rings. The van der Waals surface area contributed by atoms with E-state index in [1.165, 1.54) is 0 Å². The molecule has 0 atom stereocenters. The number of hydrogen-bond donors (Lipinski definition) is 1. The molecule has 0 aliphatic heterocycles. The van der Waals surface area contributed by atoms with Crippen molar-refractivity contribution in [2.24, 2.45) is 7.05 Å². The highest BCUT2D eigenvalue weighted by Gasteiger charge is 2.08. The number of nitrogen functional groups attached to an aromatic ring is 1. The van der Waals surface area contributed by atoms with E-state index in [2.05, 4.69) is 5.10 Å². The van der Waals surface area contributed by atoms with Gasteiger partial charge in [0.2, 0.25) is 0 Å². The van der Waals surface area contributed by atoms with Crippen molar-refractivity contribution in [3.05, 3.63) is 30.1 Å². The summed E-state index contributed by atoms with van der Waals surface area (Å²) in [6.07, 6.45) is 3.80. The first-order valence-electron chi connectivity index (χ1n) is 5.05. The predicted octanol–water partition coefficient (Wildman–Crippen LogP) is 1.99. The van der Waals surface area contributed by atoms with Crippen molar-refractivity contribution in [2.45, 2.75) is 6.92 Å². The average molecular weight is 217 g/mol. The molecule has 2 N–H and O–H groups in total. The van der Waals surface area contributed by atoms with E-state index in [0.717, 1.165) is 16.7 Å². The van der Waals surface area contributed by atoms with E-state index in [1.54, 1.807) is 11.8 Å². The molecule has 0 aliphatic carbocycles. The van der Waals surface area contributed by atoms with Gasteiger partial charge < -0.3 is 10.5 Å². The second-order valence-corrected chi connectivity index (χ2v) is 3.81. The molecule has 0 saturated carbocycles. The van der Waals surface area contributed by atoms with E-state index < -0.39 is 0 Å². The number of hydrogen-bond acceptors (Lipinski definition) is 3. The van der Waals surface area contributed by atoms with Crippen molar-refractivity contribution in [2.75, 3.05) is 12.8 Å². The second kappa shape index (κ2) is 3.89. The number of anilines is 1. The lowest BCUT2D eigenvalue weighted by atomic mass is 10.0. The summed E-state index contributed by atoms with van der Waals surface area (Å²) in [5, 5.41) is 4.16. The van der Waals surface area contributed by atoms with E-state index >= 15 is 0 Å². The maximum absolute atomic E-state index is 5.84. The van der Waals surface area contributed by atoms with Crippen molar-refractivity contribution in [3.63, 3.8) is 0 Å². The molecule has 1 heterocycles. The fraction of sp³-hybridized carbons (Fsp3) is 0.250. The monoisotopic (exact) mass is 217 g/mol. The van der Waals surface area contributed by atoms with Gasteiger partial charge in [-0.05, 0) is 30.2 Å². The van der Waals surface area contributed by atoms with Gasteiger partial charge in [0.25, 0.3) is 0 Å². The van der Waals surface area contributed by atoms with Gasteiger partial charge in [0.05, 0.1) is 19.0 Å². The van der Waals surface area contributed by atoms with Crippen LogP contribution < -0.4 is 10.5 Å². The van der Waals surface area contributed by atoms with Gasteiger partial charge in [0, 0.05) is 18.8 Å². The molecule has 0 unspecified atom stereocenters. The zero-order valence-electron chi connectivity index (χ0n) is 9.69. The van der Waals surface area contributed by atoms with Gasteiger partial charge in [0.15, 0.2) is 0 Å². The highest BCUT2D eigenvalue weighted by molar-refractivity contribution is 5.72. The lowest BCUT2D eigenvalue weighted by Gasteiger charge is -2.09. The molecular formula is C12H15N3O. The van der Waals surface area contributed by atoms with E-state index in [4.69, 9.17) is 10.5 Å². The van der Waals surface area contributed by atoms with Crippen molar-refractivity contribution in [1.82, 2.24) is 9.78 Å². The van der Waals surface area contributed by atoms with Crippen molar-refractivity contribution < 1.29 is 4.74 Å². The Morgan fingerprint density at radius 1 is 1.38 bits per heavy atom. The number of nitrogens with two attached hydrogens (primary N) is 1. The largest absolute Gasteiger partial charge is 0.495 e. The lowest BCUT2D eigenvalue weighted by molar-refractivity contribution is 0.417. The van der Waals surface area contributed by atoms with Gasteiger partial charge in [-0.15, -0.1) is 0 Å². The zero-order valence-corrected chi connectivity index (χ0v) is 9.69. The molecule has 0 saturated heterocycles. The van der Waals surface area contributed by atoms with Crippen LogP contribution in [0.15, 0.2) is 24.5 Å². The molecule has 1 aromatic heterocycles. The summed E-state index contributed by atoms with van der Waals surface area (Å²) in [7, 11) is 3.52. The van der Waals surface area contributed by atoms with E-state index in [9.17, 15) is 0 Å². The maximum atomic E-state index is 5.84. The molecule has 2 aromatic rings. The normalized spacial score (nSPS) is 10.4. The Morgan fingerprint density at radius 3 is 2.69 bits per heavy atom. The Kier molecular flexibility index (Phi) is 2.56. The van der Waals surface area contributed by atoms with Crippen LogP contribution in [-0.4, -0.2) is 16.9 Å². The summed E-state index contributed by atoms with van der Waals surface area (Å²) in [5.41, 5.74) is 9.78. The molecule has 0 radical (unpaired) electrons. The van der Waals surface area contributed by atoms with Crippen molar-refractivity contribution >= 4 is 5.69 Å². The molecule has 16 heavy (non-hydrogen) atoms. The van der Waals surface area contributed by atoms with Crippen LogP contribution in [0.25, 0.3) is 11.1 Å². The molecule has 0 fully saturated rings. The van der Waals surface area contributed by atoms with Crippen LogP contribution in [0.5, 0.6) is 5.75 Å².